The standard InChI is InChI=1S/C23H21N3O/c1-14-4-8-17(9-5-14)12-21-19(18-10-6-15(2)7-11-18)13-20-22(26-21)24-16(3)25-23(20)27/h4-11,13H,12H2,1-3H3,(H,24,25,26,27). The number of H-pyrrole nitrogens is 1. The molecule has 2 aromatic carbocycles. The number of nitrogens with zero attached hydrogens (tertiary/aromatic N) is 2. The maximum absolute atomic E-state index is 12.4. The van der Waals surface area contributed by atoms with E-state index in [1.54, 1.807) is 6.92 Å². The fourth-order valence-corrected chi connectivity index (χ4v) is 3.23. The van der Waals surface area contributed by atoms with Gasteiger partial charge in [0.25, 0.3) is 5.56 Å². The molecule has 4 aromatic rings. The number of rotatable bonds is 3. The summed E-state index contributed by atoms with van der Waals surface area (Å²) in [4.78, 5) is 24.4. The van der Waals surface area contributed by atoms with Crippen LogP contribution in [0.2, 0.25) is 0 Å². The Morgan fingerprint density at radius 1 is 0.852 bits per heavy atom. The van der Waals surface area contributed by atoms with Gasteiger partial charge < -0.3 is 4.98 Å². The molecule has 4 nitrogen and oxygen atoms in total. The normalized spacial score (nSPS) is 11.1. The second-order valence-corrected chi connectivity index (χ2v) is 7.03. The molecule has 0 saturated heterocycles. The third kappa shape index (κ3) is 3.51. The molecular weight excluding hydrogens is 334 g/mol. The monoisotopic (exact) mass is 355 g/mol. The molecule has 0 unspecified atom stereocenters. The van der Waals surface area contributed by atoms with Crippen LogP contribution < -0.4 is 5.56 Å². The van der Waals surface area contributed by atoms with Crippen LogP contribution in [0.4, 0.5) is 0 Å². The predicted octanol–water partition coefficient (Wildman–Crippen LogP) is 4.50. The van der Waals surface area contributed by atoms with Crippen molar-refractivity contribution in [1.82, 2.24) is 15.0 Å². The first-order valence-corrected chi connectivity index (χ1v) is 9.03. The van der Waals surface area contributed by atoms with Gasteiger partial charge in [-0.05, 0) is 38.0 Å². The number of aromatic nitrogens is 3. The first kappa shape index (κ1) is 17.2. The lowest BCUT2D eigenvalue weighted by molar-refractivity contribution is 1.02. The van der Waals surface area contributed by atoms with Crippen LogP contribution in [-0.4, -0.2) is 15.0 Å². The topological polar surface area (TPSA) is 58.6 Å². The molecular formula is C23H21N3O. The van der Waals surface area contributed by atoms with Gasteiger partial charge in [0.2, 0.25) is 0 Å². The fraction of sp³-hybridized carbons (Fsp3) is 0.174. The van der Waals surface area contributed by atoms with E-state index >= 15 is 0 Å². The van der Waals surface area contributed by atoms with E-state index in [0.29, 0.717) is 23.3 Å². The van der Waals surface area contributed by atoms with Crippen LogP contribution in [0.3, 0.4) is 0 Å². The minimum Gasteiger partial charge on any atom is -0.310 e. The number of aromatic amines is 1. The summed E-state index contributed by atoms with van der Waals surface area (Å²) in [6.07, 6.45) is 0.687. The minimum absolute atomic E-state index is 0.153. The van der Waals surface area contributed by atoms with E-state index in [2.05, 4.69) is 72.3 Å². The van der Waals surface area contributed by atoms with Crippen molar-refractivity contribution in [2.45, 2.75) is 27.2 Å². The summed E-state index contributed by atoms with van der Waals surface area (Å²) in [7, 11) is 0. The molecule has 0 atom stereocenters. The lowest BCUT2D eigenvalue weighted by Crippen LogP contribution is -2.12. The van der Waals surface area contributed by atoms with E-state index in [0.717, 1.165) is 16.8 Å². The molecule has 4 heteroatoms. The molecule has 4 rings (SSSR count). The second kappa shape index (κ2) is 6.80. The Bertz CT molecular complexity index is 1170. The van der Waals surface area contributed by atoms with E-state index in [1.165, 1.54) is 16.7 Å². The molecule has 0 saturated carbocycles. The van der Waals surface area contributed by atoms with E-state index < -0.39 is 0 Å². The minimum atomic E-state index is -0.153. The highest BCUT2D eigenvalue weighted by atomic mass is 16.1. The maximum Gasteiger partial charge on any atom is 0.260 e. The van der Waals surface area contributed by atoms with Gasteiger partial charge in [-0.15, -0.1) is 0 Å². The highest BCUT2D eigenvalue weighted by Gasteiger charge is 2.13. The van der Waals surface area contributed by atoms with Gasteiger partial charge in [0.15, 0.2) is 5.65 Å². The molecule has 0 amide bonds. The zero-order valence-corrected chi connectivity index (χ0v) is 15.7. The Kier molecular flexibility index (Phi) is 4.32. The van der Waals surface area contributed by atoms with Gasteiger partial charge in [0.1, 0.15) is 5.82 Å². The third-order valence-electron chi connectivity index (χ3n) is 4.75. The van der Waals surface area contributed by atoms with Crippen LogP contribution in [0.1, 0.15) is 28.2 Å². The quantitative estimate of drug-likeness (QED) is 0.588. The summed E-state index contributed by atoms with van der Waals surface area (Å²) in [6.45, 7) is 5.91. The maximum atomic E-state index is 12.4. The van der Waals surface area contributed by atoms with Gasteiger partial charge in [-0.25, -0.2) is 9.97 Å². The van der Waals surface area contributed by atoms with Crippen LogP contribution in [0.5, 0.6) is 0 Å². The Labute approximate surface area is 158 Å². The highest BCUT2D eigenvalue weighted by Crippen LogP contribution is 2.27. The second-order valence-electron chi connectivity index (χ2n) is 7.03. The predicted molar refractivity (Wildman–Crippen MR) is 109 cm³/mol. The average Bonchev–Trinajstić information content (AvgIpc) is 2.64. The molecule has 0 fully saturated rings. The molecule has 1 N–H and O–H groups in total. The van der Waals surface area contributed by atoms with Crippen molar-refractivity contribution in [3.05, 3.63) is 93.2 Å². The zero-order chi connectivity index (χ0) is 19.0. The smallest absolute Gasteiger partial charge is 0.260 e. The van der Waals surface area contributed by atoms with Crippen LogP contribution in [0.15, 0.2) is 59.4 Å². The Hall–Kier alpha value is -3.27. The largest absolute Gasteiger partial charge is 0.310 e. The zero-order valence-electron chi connectivity index (χ0n) is 15.7. The van der Waals surface area contributed by atoms with Crippen molar-refractivity contribution in [3.8, 4) is 11.1 Å². The summed E-state index contributed by atoms with van der Waals surface area (Å²) in [5, 5.41) is 0.517. The highest BCUT2D eigenvalue weighted by molar-refractivity contribution is 5.82. The van der Waals surface area contributed by atoms with Crippen molar-refractivity contribution >= 4 is 11.0 Å². The SMILES string of the molecule is Cc1ccc(Cc2nc3nc(C)[nH]c(=O)c3cc2-c2ccc(C)cc2)cc1. The summed E-state index contributed by atoms with van der Waals surface area (Å²) in [5.41, 5.74) is 6.90. The number of aryl methyl sites for hydroxylation is 3. The van der Waals surface area contributed by atoms with E-state index in [4.69, 9.17) is 4.98 Å². The van der Waals surface area contributed by atoms with Crippen molar-refractivity contribution in [1.29, 1.82) is 0 Å². The van der Waals surface area contributed by atoms with Crippen molar-refractivity contribution in [2.24, 2.45) is 0 Å². The molecule has 2 aromatic heterocycles. The summed E-state index contributed by atoms with van der Waals surface area (Å²) >= 11 is 0. The van der Waals surface area contributed by atoms with E-state index in [-0.39, 0.29) is 5.56 Å². The molecule has 0 aliphatic heterocycles. The Morgan fingerprint density at radius 2 is 1.48 bits per heavy atom. The van der Waals surface area contributed by atoms with Crippen molar-refractivity contribution in [2.75, 3.05) is 0 Å². The number of fused-ring (bicyclic) bond motifs is 1. The van der Waals surface area contributed by atoms with Crippen LogP contribution in [-0.2, 0) is 6.42 Å². The molecule has 0 radical (unpaired) electrons. The lowest BCUT2D eigenvalue weighted by atomic mass is 9.97. The summed E-state index contributed by atoms with van der Waals surface area (Å²) in [6, 6.07) is 18.7. The van der Waals surface area contributed by atoms with Gasteiger partial charge in [-0.3, -0.25) is 4.79 Å². The third-order valence-corrected chi connectivity index (χ3v) is 4.75. The first-order chi connectivity index (χ1) is 13.0. The van der Waals surface area contributed by atoms with Gasteiger partial charge in [-0.2, -0.15) is 0 Å². The van der Waals surface area contributed by atoms with Crippen LogP contribution >= 0.6 is 0 Å². The number of hydrogen-bond acceptors (Lipinski definition) is 3. The molecule has 134 valence electrons. The summed E-state index contributed by atoms with van der Waals surface area (Å²) < 4.78 is 0. The van der Waals surface area contributed by atoms with Crippen LogP contribution in [0, 0.1) is 20.8 Å². The number of hydrogen-bond donors (Lipinski definition) is 1. The van der Waals surface area contributed by atoms with E-state index in [9.17, 15) is 4.79 Å². The fourth-order valence-electron chi connectivity index (χ4n) is 3.23. The first-order valence-electron chi connectivity index (χ1n) is 9.03. The molecule has 0 bridgehead atoms. The molecule has 27 heavy (non-hydrogen) atoms. The average molecular weight is 355 g/mol. The lowest BCUT2D eigenvalue weighted by Gasteiger charge is -2.12. The Balaban J connectivity index is 1.92. The number of pyridine rings is 1. The van der Waals surface area contributed by atoms with Gasteiger partial charge in [0.05, 0.1) is 11.1 Å². The van der Waals surface area contributed by atoms with Crippen LogP contribution in [0.25, 0.3) is 22.2 Å². The number of benzene rings is 2. The molecule has 0 spiro atoms. The van der Waals surface area contributed by atoms with Crippen molar-refractivity contribution < 1.29 is 0 Å². The van der Waals surface area contributed by atoms with E-state index in [1.807, 2.05) is 6.07 Å². The van der Waals surface area contributed by atoms with Gasteiger partial charge in [-0.1, -0.05) is 59.7 Å². The van der Waals surface area contributed by atoms with Crippen molar-refractivity contribution in [3.63, 3.8) is 0 Å². The number of nitrogens with one attached hydrogen (secondary N) is 1. The molecule has 2 heterocycles. The Morgan fingerprint density at radius 3 is 2.15 bits per heavy atom. The van der Waals surface area contributed by atoms with Gasteiger partial charge in [0, 0.05) is 12.0 Å². The molecule has 0 aliphatic carbocycles. The van der Waals surface area contributed by atoms with Gasteiger partial charge >= 0.3 is 0 Å². The molecule has 0 aliphatic rings. The summed E-state index contributed by atoms with van der Waals surface area (Å²) in [5.74, 6) is 0.573.